The van der Waals surface area contributed by atoms with Crippen molar-refractivity contribution in [2.24, 2.45) is 12.8 Å². The summed E-state index contributed by atoms with van der Waals surface area (Å²) in [6, 6.07) is 11.4. The SMILES string of the molecule is Cl.Cl.Cn1c(Nc2nc3ccc(Cl)cc3s2)nc2cc(C(=O)NC3CCN(CCN)C3)ccc21. The smallest absolute Gasteiger partial charge is 0.251 e. The van der Waals surface area contributed by atoms with E-state index in [1.807, 2.05) is 48.0 Å². The normalized spacial score (nSPS) is 15.8. The molecule has 1 fully saturated rings. The Kier molecular flexibility index (Phi) is 8.62. The van der Waals surface area contributed by atoms with Gasteiger partial charge in [0.15, 0.2) is 5.13 Å². The minimum atomic E-state index is -0.0743. The Morgan fingerprint density at radius 2 is 2.03 bits per heavy atom. The van der Waals surface area contributed by atoms with Crippen LogP contribution in [0.4, 0.5) is 11.1 Å². The molecule has 4 aromatic rings. The monoisotopic (exact) mass is 541 g/mol. The van der Waals surface area contributed by atoms with Crippen molar-refractivity contribution in [1.82, 2.24) is 24.8 Å². The molecular formula is C22H26Cl3N7OS. The molecule has 2 aromatic heterocycles. The van der Waals surface area contributed by atoms with Crippen molar-refractivity contribution in [3.05, 3.63) is 47.0 Å². The second kappa shape index (κ2) is 11.1. The van der Waals surface area contributed by atoms with Crippen molar-refractivity contribution in [2.75, 3.05) is 31.5 Å². The van der Waals surface area contributed by atoms with Crippen LogP contribution in [0.1, 0.15) is 16.8 Å². The molecule has 1 unspecified atom stereocenters. The Balaban J connectivity index is 0.00000162. The molecule has 0 bridgehead atoms. The molecule has 4 N–H and O–H groups in total. The van der Waals surface area contributed by atoms with Gasteiger partial charge in [0.2, 0.25) is 5.95 Å². The van der Waals surface area contributed by atoms with Crippen LogP contribution in [-0.4, -0.2) is 57.6 Å². The van der Waals surface area contributed by atoms with E-state index in [1.54, 1.807) is 0 Å². The first-order valence-corrected chi connectivity index (χ1v) is 11.7. The molecule has 1 atom stereocenters. The molecule has 1 aliphatic rings. The summed E-state index contributed by atoms with van der Waals surface area (Å²) in [4.78, 5) is 24.4. The summed E-state index contributed by atoms with van der Waals surface area (Å²) >= 11 is 7.60. The van der Waals surface area contributed by atoms with E-state index in [0.717, 1.165) is 52.4 Å². The molecule has 1 saturated heterocycles. The molecule has 0 spiro atoms. The van der Waals surface area contributed by atoms with Crippen LogP contribution < -0.4 is 16.4 Å². The Labute approximate surface area is 218 Å². The number of anilines is 2. The van der Waals surface area contributed by atoms with Gasteiger partial charge in [-0.1, -0.05) is 22.9 Å². The molecule has 1 amide bonds. The summed E-state index contributed by atoms with van der Waals surface area (Å²) in [5.41, 5.74) is 8.81. The summed E-state index contributed by atoms with van der Waals surface area (Å²) in [7, 11) is 1.94. The summed E-state index contributed by atoms with van der Waals surface area (Å²) in [6.45, 7) is 3.31. The van der Waals surface area contributed by atoms with Crippen LogP contribution in [0, 0.1) is 0 Å². The van der Waals surface area contributed by atoms with E-state index in [9.17, 15) is 4.79 Å². The Morgan fingerprint density at radius 3 is 2.82 bits per heavy atom. The molecule has 0 radical (unpaired) electrons. The Hall–Kier alpha value is -2.14. The van der Waals surface area contributed by atoms with Gasteiger partial charge >= 0.3 is 0 Å². The van der Waals surface area contributed by atoms with Crippen molar-refractivity contribution < 1.29 is 4.79 Å². The van der Waals surface area contributed by atoms with Gasteiger partial charge in [-0.15, -0.1) is 24.8 Å². The zero-order valence-corrected chi connectivity index (χ0v) is 21.7. The van der Waals surface area contributed by atoms with E-state index in [4.69, 9.17) is 22.3 Å². The average molecular weight is 543 g/mol. The van der Waals surface area contributed by atoms with Crippen molar-refractivity contribution in [3.63, 3.8) is 0 Å². The minimum Gasteiger partial charge on any atom is -0.348 e. The lowest BCUT2D eigenvalue weighted by Crippen LogP contribution is -2.37. The fourth-order valence-electron chi connectivity index (χ4n) is 4.11. The number of carbonyl (C=O) groups excluding carboxylic acids is 1. The van der Waals surface area contributed by atoms with Crippen LogP contribution in [0.5, 0.6) is 0 Å². The van der Waals surface area contributed by atoms with Gasteiger partial charge in [-0.2, -0.15) is 0 Å². The molecule has 12 heteroatoms. The first kappa shape index (κ1) is 26.5. The van der Waals surface area contributed by atoms with E-state index in [1.165, 1.54) is 11.3 Å². The summed E-state index contributed by atoms with van der Waals surface area (Å²) < 4.78 is 2.97. The molecule has 0 saturated carbocycles. The highest BCUT2D eigenvalue weighted by Gasteiger charge is 2.24. The Morgan fingerprint density at radius 1 is 1.21 bits per heavy atom. The fourth-order valence-corrected chi connectivity index (χ4v) is 5.24. The number of imidazole rings is 1. The highest BCUT2D eigenvalue weighted by Crippen LogP contribution is 2.31. The second-order valence-electron chi connectivity index (χ2n) is 8.00. The topological polar surface area (TPSA) is 101 Å². The number of aromatic nitrogens is 3. The minimum absolute atomic E-state index is 0. The van der Waals surface area contributed by atoms with E-state index in [2.05, 4.69) is 20.5 Å². The zero-order valence-electron chi connectivity index (χ0n) is 18.5. The number of benzene rings is 2. The third-order valence-electron chi connectivity index (χ3n) is 5.77. The largest absolute Gasteiger partial charge is 0.348 e. The Bertz CT molecular complexity index is 1310. The highest BCUT2D eigenvalue weighted by atomic mass is 35.5. The van der Waals surface area contributed by atoms with Crippen LogP contribution in [0.25, 0.3) is 21.3 Å². The van der Waals surface area contributed by atoms with Crippen LogP contribution in [0.3, 0.4) is 0 Å². The molecule has 5 rings (SSSR count). The van der Waals surface area contributed by atoms with Gasteiger partial charge in [0, 0.05) is 49.9 Å². The van der Waals surface area contributed by atoms with Gasteiger partial charge in [-0.3, -0.25) is 9.69 Å². The number of hydrogen-bond donors (Lipinski definition) is 3. The van der Waals surface area contributed by atoms with E-state index >= 15 is 0 Å². The quantitative estimate of drug-likeness (QED) is 0.338. The number of aryl methyl sites for hydroxylation is 1. The predicted octanol–water partition coefficient (Wildman–Crippen LogP) is 4.19. The number of hydrogen-bond acceptors (Lipinski definition) is 7. The second-order valence-corrected chi connectivity index (χ2v) is 9.47. The maximum absolute atomic E-state index is 12.8. The number of fused-ring (bicyclic) bond motifs is 2. The number of rotatable bonds is 6. The number of amides is 1. The van der Waals surface area contributed by atoms with E-state index in [-0.39, 0.29) is 36.8 Å². The maximum atomic E-state index is 12.8. The fraction of sp³-hybridized carbons (Fsp3) is 0.318. The predicted molar refractivity (Wildman–Crippen MR) is 144 cm³/mol. The van der Waals surface area contributed by atoms with Crippen LogP contribution in [0.15, 0.2) is 36.4 Å². The number of thiazole rings is 1. The average Bonchev–Trinajstić information content (AvgIpc) is 3.46. The number of likely N-dealkylation sites (tertiary alicyclic amines) is 1. The molecule has 1 aliphatic heterocycles. The summed E-state index contributed by atoms with van der Waals surface area (Å²) in [5.74, 6) is 0.589. The van der Waals surface area contributed by atoms with Crippen LogP contribution in [-0.2, 0) is 7.05 Å². The van der Waals surface area contributed by atoms with E-state index < -0.39 is 0 Å². The molecule has 8 nitrogen and oxygen atoms in total. The number of halogens is 3. The van der Waals surface area contributed by atoms with Crippen molar-refractivity contribution >= 4 is 86.0 Å². The van der Waals surface area contributed by atoms with Gasteiger partial charge in [-0.05, 0) is 42.8 Å². The molecule has 34 heavy (non-hydrogen) atoms. The van der Waals surface area contributed by atoms with E-state index in [0.29, 0.717) is 23.1 Å². The molecule has 3 heterocycles. The van der Waals surface area contributed by atoms with Gasteiger partial charge in [0.05, 0.1) is 21.3 Å². The lowest BCUT2D eigenvalue weighted by Gasteiger charge is -2.15. The van der Waals surface area contributed by atoms with Gasteiger partial charge in [0.1, 0.15) is 0 Å². The standard InChI is InChI=1S/C22H24ClN7OS.2ClH/c1-29-18-5-2-13(20(31)25-15-6-8-30(12-15)9-7-24)10-17(18)26-21(29)28-22-27-16-4-3-14(23)11-19(16)32-22;;/h2-5,10-11,15H,6-9,12,24H2,1H3,(H,25,31)(H,26,27,28);2*1H. The molecule has 0 aliphatic carbocycles. The third kappa shape index (κ3) is 5.40. The van der Waals surface area contributed by atoms with Crippen molar-refractivity contribution in [3.8, 4) is 0 Å². The van der Waals surface area contributed by atoms with Crippen LogP contribution >= 0.6 is 47.8 Å². The lowest BCUT2D eigenvalue weighted by molar-refractivity contribution is 0.0938. The van der Waals surface area contributed by atoms with Gasteiger partial charge in [0.25, 0.3) is 5.91 Å². The lowest BCUT2D eigenvalue weighted by atomic mass is 10.1. The summed E-state index contributed by atoms with van der Waals surface area (Å²) in [6.07, 6.45) is 0.943. The maximum Gasteiger partial charge on any atom is 0.251 e. The molecular weight excluding hydrogens is 517 g/mol. The van der Waals surface area contributed by atoms with Crippen molar-refractivity contribution in [1.29, 1.82) is 0 Å². The van der Waals surface area contributed by atoms with Crippen molar-refractivity contribution in [2.45, 2.75) is 12.5 Å². The summed E-state index contributed by atoms with van der Waals surface area (Å²) in [5, 5.41) is 7.86. The number of nitrogens with two attached hydrogens (primary N) is 1. The number of nitrogens with zero attached hydrogens (tertiary/aromatic N) is 4. The molecule has 182 valence electrons. The first-order chi connectivity index (χ1) is 15.5. The number of nitrogens with one attached hydrogen (secondary N) is 2. The van der Waals surface area contributed by atoms with Gasteiger partial charge in [-0.25, -0.2) is 9.97 Å². The van der Waals surface area contributed by atoms with Crippen LogP contribution in [0.2, 0.25) is 5.02 Å². The zero-order chi connectivity index (χ0) is 22.2. The molecule has 2 aromatic carbocycles. The first-order valence-electron chi connectivity index (χ1n) is 10.5. The highest BCUT2D eigenvalue weighted by molar-refractivity contribution is 7.22. The third-order valence-corrected chi connectivity index (χ3v) is 6.93. The van der Waals surface area contributed by atoms with Gasteiger partial charge < -0.3 is 20.9 Å². The number of carbonyl (C=O) groups is 1.